The van der Waals surface area contributed by atoms with Crippen molar-refractivity contribution >= 4 is 23.7 Å². The molecule has 5 heteroatoms. The minimum atomic E-state index is -1.47. The van der Waals surface area contributed by atoms with Crippen LogP contribution in [0.1, 0.15) is 0 Å². The molecule has 0 aliphatic carbocycles. The quantitative estimate of drug-likeness (QED) is 0.259. The van der Waals surface area contributed by atoms with Gasteiger partial charge < -0.3 is 27.3 Å². The van der Waals surface area contributed by atoms with Crippen molar-refractivity contribution in [3.8, 4) is 0 Å². The second-order valence-corrected chi connectivity index (χ2v) is 1.27. The first-order chi connectivity index (χ1) is 3.63. The van der Waals surface area contributed by atoms with E-state index in [0.29, 0.717) is 6.08 Å². The van der Waals surface area contributed by atoms with E-state index in [-0.39, 0.29) is 22.4 Å². The molecule has 0 saturated carbocycles. The summed E-state index contributed by atoms with van der Waals surface area (Å²) < 4.78 is 0. The maximum atomic E-state index is 9.73. The molecule has 0 rings (SSSR count). The Hall–Kier alpha value is -0.160. The molecule has 0 atom stereocenters. The summed E-state index contributed by atoms with van der Waals surface area (Å²) in [5.41, 5.74) is 0. The molecule has 0 amide bonds. The fourth-order valence-corrected chi connectivity index (χ4v) is 0.177. The SMILES string of the molecule is O=C([S-])[C-]=CC(=O)[O-].[Au+3]. The summed E-state index contributed by atoms with van der Waals surface area (Å²) in [5.74, 6) is -1.47. The van der Waals surface area contributed by atoms with E-state index in [4.69, 9.17) is 0 Å². The second-order valence-electron chi connectivity index (χ2n) is 0.895. The molecule has 0 radical (unpaired) electrons. The number of carbonyl (C=O) groups excluding carboxylic acids is 2. The van der Waals surface area contributed by atoms with E-state index >= 15 is 0 Å². The van der Waals surface area contributed by atoms with Crippen molar-refractivity contribution in [1.29, 1.82) is 0 Å². The number of carbonyl (C=O) groups is 2. The van der Waals surface area contributed by atoms with Crippen LogP contribution in [0.15, 0.2) is 6.08 Å². The third-order valence-electron chi connectivity index (χ3n) is 0.308. The van der Waals surface area contributed by atoms with Gasteiger partial charge in [0.25, 0.3) is 0 Å². The standard InChI is InChI=1S/C4H3O3S.Au/c5-3(6)1-2-4(7)8;/h1H,(H,5,6)(H,7,8);/q-1;+3/p-2. The van der Waals surface area contributed by atoms with E-state index in [9.17, 15) is 14.7 Å². The van der Waals surface area contributed by atoms with Gasteiger partial charge in [-0.15, -0.1) is 5.97 Å². The number of carboxylic acids is 1. The average Bonchev–Trinajstić information content (AvgIpc) is 1.61. The Morgan fingerprint density at radius 1 is 1.56 bits per heavy atom. The van der Waals surface area contributed by atoms with Gasteiger partial charge in [-0.3, -0.25) is 0 Å². The van der Waals surface area contributed by atoms with Crippen LogP contribution < -0.4 is 5.11 Å². The van der Waals surface area contributed by atoms with Crippen LogP contribution in [-0.4, -0.2) is 11.1 Å². The third kappa shape index (κ3) is 11.4. The van der Waals surface area contributed by atoms with E-state index in [0.717, 1.165) is 0 Å². The summed E-state index contributed by atoms with van der Waals surface area (Å²) in [7, 11) is 0. The molecule has 0 fully saturated rings. The molecule has 0 aromatic rings. The molecule has 0 aromatic heterocycles. The van der Waals surface area contributed by atoms with Gasteiger partial charge in [-0.25, -0.2) is 12.2 Å². The summed E-state index contributed by atoms with van der Waals surface area (Å²) in [4.78, 5) is 19.2. The molecule has 0 N–H and O–H groups in total. The van der Waals surface area contributed by atoms with Crippen molar-refractivity contribution in [2.75, 3.05) is 0 Å². The largest absolute Gasteiger partial charge is 3.00 e. The molecule has 9 heavy (non-hydrogen) atoms. The molecule has 0 bridgehead atoms. The first kappa shape index (κ1) is 11.6. The van der Waals surface area contributed by atoms with Crippen LogP contribution in [0.4, 0.5) is 0 Å². The molecule has 3 nitrogen and oxygen atoms in total. The summed E-state index contributed by atoms with van der Waals surface area (Å²) in [5, 5.41) is 8.64. The summed E-state index contributed by atoms with van der Waals surface area (Å²) in [6.45, 7) is 0. The van der Waals surface area contributed by atoms with Gasteiger partial charge in [-0.2, -0.15) is 0 Å². The van der Waals surface area contributed by atoms with Gasteiger partial charge in [0.2, 0.25) is 0 Å². The van der Waals surface area contributed by atoms with Gasteiger partial charge in [0, 0.05) is 0 Å². The number of hydrogen-bond acceptors (Lipinski definition) is 4. The fraction of sp³-hybridized carbons (Fsp3) is 0. The number of carboxylic acid groups (broad SMARTS) is 1. The van der Waals surface area contributed by atoms with E-state index in [2.05, 4.69) is 12.6 Å². The smallest absolute Gasteiger partial charge is 0.758 e. The molecular formula is C4HAuO3S. The molecule has 0 aromatic carbocycles. The molecular weight excluding hydrogens is 325 g/mol. The third-order valence-corrected chi connectivity index (χ3v) is 0.426. The maximum absolute atomic E-state index is 9.73. The molecule has 0 unspecified atom stereocenters. The Morgan fingerprint density at radius 3 is 2.11 bits per heavy atom. The van der Waals surface area contributed by atoms with Crippen LogP contribution in [-0.2, 0) is 44.6 Å². The van der Waals surface area contributed by atoms with Crippen LogP contribution >= 0.6 is 0 Å². The zero-order valence-electron chi connectivity index (χ0n) is 4.01. The van der Waals surface area contributed by atoms with Crippen LogP contribution in [0.5, 0.6) is 0 Å². The number of aliphatic carboxylic acids is 1. The monoisotopic (exact) mass is 326 g/mol. The number of rotatable bonds is 2. The predicted molar refractivity (Wildman–Crippen MR) is 25.2 cm³/mol. The van der Waals surface area contributed by atoms with E-state index in [1.807, 2.05) is 0 Å². The van der Waals surface area contributed by atoms with Gasteiger partial charge in [-0.05, 0) is 0 Å². The molecule has 0 aliphatic heterocycles. The second kappa shape index (κ2) is 5.97. The summed E-state index contributed by atoms with van der Waals surface area (Å²) >= 11 is 3.92. The Balaban J connectivity index is 0. The first-order valence-electron chi connectivity index (χ1n) is 1.64. The summed E-state index contributed by atoms with van der Waals surface area (Å²) in [6.07, 6.45) is 2.20. The minimum Gasteiger partial charge on any atom is -0.758 e. The molecule has 52 valence electrons. The number of hydrogen-bond donors (Lipinski definition) is 0. The van der Waals surface area contributed by atoms with Gasteiger partial charge in [0.1, 0.15) is 0 Å². The summed E-state index contributed by atoms with van der Waals surface area (Å²) in [6, 6.07) is 0. The van der Waals surface area contributed by atoms with Gasteiger partial charge in [0.15, 0.2) is 0 Å². The van der Waals surface area contributed by atoms with Crippen LogP contribution in [0, 0.1) is 6.08 Å². The van der Waals surface area contributed by atoms with Crippen LogP contribution in [0.25, 0.3) is 0 Å². The predicted octanol–water partition coefficient (Wildman–Crippen LogP) is -1.83. The first-order valence-corrected chi connectivity index (χ1v) is 2.05. The topological polar surface area (TPSA) is 57.2 Å². The van der Waals surface area contributed by atoms with Crippen molar-refractivity contribution < 1.29 is 37.1 Å². The Kier molecular flexibility index (Phi) is 7.70. The van der Waals surface area contributed by atoms with Crippen molar-refractivity contribution in [2.45, 2.75) is 0 Å². The molecule has 0 spiro atoms. The minimum absolute atomic E-state index is 0. The molecule has 0 heterocycles. The van der Waals surface area contributed by atoms with Crippen molar-refractivity contribution in [2.24, 2.45) is 0 Å². The van der Waals surface area contributed by atoms with Crippen LogP contribution in [0.2, 0.25) is 0 Å². The molecule has 0 saturated heterocycles. The maximum Gasteiger partial charge on any atom is 3.00 e. The van der Waals surface area contributed by atoms with Crippen LogP contribution in [0.3, 0.4) is 0 Å². The Morgan fingerprint density at radius 2 is 2.00 bits per heavy atom. The van der Waals surface area contributed by atoms with E-state index < -0.39 is 11.1 Å². The van der Waals surface area contributed by atoms with Crippen molar-refractivity contribution in [1.82, 2.24) is 0 Å². The zero-order valence-corrected chi connectivity index (χ0v) is 6.99. The van der Waals surface area contributed by atoms with Crippen molar-refractivity contribution in [3.05, 3.63) is 12.2 Å². The fourth-order valence-electron chi connectivity index (χ4n) is 0.118. The van der Waals surface area contributed by atoms with Gasteiger partial charge in [-0.1, -0.05) is 5.12 Å². The average molecular weight is 326 g/mol. The zero-order chi connectivity index (χ0) is 6.57. The van der Waals surface area contributed by atoms with Gasteiger partial charge in [0.05, 0.1) is 0 Å². The van der Waals surface area contributed by atoms with E-state index in [1.165, 1.54) is 0 Å². The Bertz CT molecular complexity index is 127. The molecule has 0 aliphatic rings. The van der Waals surface area contributed by atoms with Gasteiger partial charge >= 0.3 is 22.4 Å². The Labute approximate surface area is 73.1 Å². The van der Waals surface area contributed by atoms with E-state index in [1.54, 1.807) is 6.08 Å². The normalized spacial score (nSPS) is 8.44. The van der Waals surface area contributed by atoms with Crippen molar-refractivity contribution in [3.63, 3.8) is 0 Å².